The lowest BCUT2D eigenvalue weighted by Crippen LogP contribution is -2.61. The molecule has 0 aromatic heterocycles. The summed E-state index contributed by atoms with van der Waals surface area (Å²) in [6, 6.07) is 8.61. The molecule has 1 aromatic rings. The van der Waals surface area contributed by atoms with Gasteiger partial charge in [0.1, 0.15) is 0 Å². The van der Waals surface area contributed by atoms with E-state index in [1.807, 2.05) is 6.07 Å². The molecule has 0 atom stereocenters. The topological polar surface area (TPSA) is 81.4 Å². The molecule has 0 radical (unpaired) electrons. The third-order valence-corrected chi connectivity index (χ3v) is 4.62. The van der Waals surface area contributed by atoms with Gasteiger partial charge in [-0.2, -0.15) is 9.57 Å². The molecule has 0 saturated carbocycles. The van der Waals surface area contributed by atoms with Crippen LogP contribution in [0.3, 0.4) is 0 Å². The Labute approximate surface area is 106 Å². The zero-order valence-corrected chi connectivity index (χ0v) is 10.8. The van der Waals surface area contributed by atoms with Gasteiger partial charge in [-0.15, -0.1) is 0 Å². The van der Waals surface area contributed by atoms with Gasteiger partial charge >= 0.3 is 0 Å². The molecular weight excluding hydrogens is 252 g/mol. The minimum absolute atomic E-state index is 0.115. The molecule has 18 heavy (non-hydrogen) atoms. The molecule has 1 aliphatic heterocycles. The van der Waals surface area contributed by atoms with Gasteiger partial charge in [-0.1, -0.05) is 18.2 Å². The second kappa shape index (κ2) is 4.35. The van der Waals surface area contributed by atoms with E-state index in [4.69, 9.17) is 5.26 Å². The van der Waals surface area contributed by atoms with Crippen molar-refractivity contribution in [2.45, 2.75) is 18.3 Å². The van der Waals surface area contributed by atoms with E-state index < -0.39 is 15.6 Å². The summed E-state index contributed by atoms with van der Waals surface area (Å²) in [6.45, 7) is 1.83. The normalized spacial score (nSPS) is 18.9. The zero-order valence-electron chi connectivity index (χ0n) is 10.00. The fourth-order valence-electron chi connectivity index (χ4n) is 1.95. The van der Waals surface area contributed by atoms with E-state index in [1.54, 1.807) is 31.2 Å². The van der Waals surface area contributed by atoms with Gasteiger partial charge in [0, 0.05) is 13.1 Å². The van der Waals surface area contributed by atoms with Crippen LogP contribution in [0.15, 0.2) is 24.3 Å². The van der Waals surface area contributed by atoms with E-state index in [1.165, 1.54) is 4.31 Å². The van der Waals surface area contributed by atoms with Crippen LogP contribution in [0.25, 0.3) is 0 Å². The summed E-state index contributed by atoms with van der Waals surface area (Å²) < 4.78 is 25.3. The monoisotopic (exact) mass is 266 g/mol. The molecule has 0 bridgehead atoms. The molecule has 1 heterocycles. The fraction of sp³-hybridized carbons (Fsp3) is 0.417. The first-order valence-electron chi connectivity index (χ1n) is 5.52. The Balaban J connectivity index is 2.17. The highest BCUT2D eigenvalue weighted by Gasteiger charge is 2.43. The van der Waals surface area contributed by atoms with Crippen LogP contribution in [-0.2, 0) is 15.8 Å². The summed E-state index contributed by atoms with van der Waals surface area (Å²) in [7, 11) is -3.46. The van der Waals surface area contributed by atoms with E-state index in [2.05, 4.69) is 0 Å². The highest BCUT2D eigenvalue weighted by molar-refractivity contribution is 7.88. The Hall–Kier alpha value is -1.42. The molecule has 1 N–H and O–H groups in total. The lowest BCUT2D eigenvalue weighted by atomic mass is 10.0. The Morgan fingerprint density at radius 3 is 2.61 bits per heavy atom. The van der Waals surface area contributed by atoms with Crippen LogP contribution in [0.2, 0.25) is 0 Å². The first-order chi connectivity index (χ1) is 8.34. The van der Waals surface area contributed by atoms with Crippen LogP contribution >= 0.6 is 0 Å². The molecule has 5 nitrogen and oxygen atoms in total. The van der Waals surface area contributed by atoms with Gasteiger partial charge in [-0.05, 0) is 18.6 Å². The van der Waals surface area contributed by atoms with Crippen LogP contribution in [0.1, 0.15) is 18.1 Å². The summed E-state index contributed by atoms with van der Waals surface area (Å²) >= 11 is 0. The number of nitriles is 1. The van der Waals surface area contributed by atoms with Crippen molar-refractivity contribution in [1.82, 2.24) is 4.31 Å². The van der Waals surface area contributed by atoms with E-state index in [0.29, 0.717) is 11.1 Å². The standard InChI is InChI=1S/C12H14N2O3S/c1-12(15)8-14(9-12)18(16,17)7-11-5-3-2-4-10(11)6-13/h2-5,15H,7-9H2,1H3. The number of β-amino-alcohol motifs (C(OH)–C–C–N with tert-alkyl or cyclic N) is 1. The highest BCUT2D eigenvalue weighted by Crippen LogP contribution is 2.25. The molecule has 2 rings (SSSR count). The number of sulfonamides is 1. The minimum Gasteiger partial charge on any atom is -0.387 e. The molecule has 1 fully saturated rings. The number of hydrogen-bond donors (Lipinski definition) is 1. The maximum absolute atomic E-state index is 12.0. The Kier molecular flexibility index (Phi) is 3.15. The molecule has 1 aromatic carbocycles. The number of benzene rings is 1. The second-order valence-electron chi connectivity index (χ2n) is 4.79. The zero-order chi connectivity index (χ0) is 13.4. The van der Waals surface area contributed by atoms with Gasteiger partial charge in [0.05, 0.1) is 23.0 Å². The highest BCUT2D eigenvalue weighted by atomic mass is 32.2. The Morgan fingerprint density at radius 1 is 1.44 bits per heavy atom. The van der Waals surface area contributed by atoms with Crippen molar-refractivity contribution in [2.75, 3.05) is 13.1 Å². The van der Waals surface area contributed by atoms with Crippen molar-refractivity contribution in [3.8, 4) is 6.07 Å². The summed E-state index contributed by atoms with van der Waals surface area (Å²) in [6.07, 6.45) is 0. The molecule has 0 aliphatic carbocycles. The lowest BCUT2D eigenvalue weighted by molar-refractivity contribution is -0.0427. The van der Waals surface area contributed by atoms with Crippen LogP contribution in [-0.4, -0.2) is 36.5 Å². The van der Waals surface area contributed by atoms with Gasteiger partial charge in [0.15, 0.2) is 0 Å². The van der Waals surface area contributed by atoms with Crippen molar-refractivity contribution < 1.29 is 13.5 Å². The second-order valence-corrected chi connectivity index (χ2v) is 6.76. The van der Waals surface area contributed by atoms with Crippen LogP contribution in [0.5, 0.6) is 0 Å². The van der Waals surface area contributed by atoms with Crippen LogP contribution in [0, 0.1) is 11.3 Å². The molecule has 0 amide bonds. The maximum Gasteiger partial charge on any atom is 0.218 e. The summed E-state index contributed by atoms with van der Waals surface area (Å²) in [5, 5.41) is 18.5. The molecule has 1 saturated heterocycles. The average molecular weight is 266 g/mol. The number of aliphatic hydroxyl groups is 1. The van der Waals surface area contributed by atoms with Gasteiger partial charge in [0.25, 0.3) is 0 Å². The minimum atomic E-state index is -3.46. The predicted molar refractivity (Wildman–Crippen MR) is 66.0 cm³/mol. The van der Waals surface area contributed by atoms with Gasteiger partial charge in [-0.25, -0.2) is 8.42 Å². The van der Waals surface area contributed by atoms with Crippen molar-refractivity contribution in [3.63, 3.8) is 0 Å². The van der Waals surface area contributed by atoms with Gasteiger partial charge in [0.2, 0.25) is 10.0 Å². The molecular formula is C12H14N2O3S. The Morgan fingerprint density at radius 2 is 2.06 bits per heavy atom. The van der Waals surface area contributed by atoms with Gasteiger partial charge in [-0.3, -0.25) is 0 Å². The largest absolute Gasteiger partial charge is 0.387 e. The third kappa shape index (κ3) is 2.53. The van der Waals surface area contributed by atoms with Crippen molar-refractivity contribution in [3.05, 3.63) is 35.4 Å². The summed E-state index contributed by atoms with van der Waals surface area (Å²) in [5.74, 6) is -0.202. The summed E-state index contributed by atoms with van der Waals surface area (Å²) in [4.78, 5) is 0. The molecule has 1 aliphatic rings. The van der Waals surface area contributed by atoms with E-state index in [-0.39, 0.29) is 18.8 Å². The lowest BCUT2D eigenvalue weighted by Gasteiger charge is -2.42. The molecule has 0 unspecified atom stereocenters. The maximum atomic E-state index is 12.0. The molecule has 6 heteroatoms. The van der Waals surface area contributed by atoms with Crippen LogP contribution in [0.4, 0.5) is 0 Å². The van der Waals surface area contributed by atoms with Crippen LogP contribution < -0.4 is 0 Å². The van der Waals surface area contributed by atoms with E-state index in [9.17, 15) is 13.5 Å². The quantitative estimate of drug-likeness (QED) is 0.861. The average Bonchev–Trinajstić information content (AvgIpc) is 2.26. The smallest absolute Gasteiger partial charge is 0.218 e. The van der Waals surface area contributed by atoms with E-state index >= 15 is 0 Å². The van der Waals surface area contributed by atoms with E-state index in [0.717, 1.165) is 0 Å². The first kappa shape index (κ1) is 13.0. The number of hydrogen-bond acceptors (Lipinski definition) is 4. The van der Waals surface area contributed by atoms with Crippen molar-refractivity contribution in [2.24, 2.45) is 0 Å². The molecule has 0 spiro atoms. The number of nitrogens with zero attached hydrogens (tertiary/aromatic N) is 2. The third-order valence-electron chi connectivity index (χ3n) is 2.90. The molecule has 96 valence electrons. The van der Waals surface area contributed by atoms with Crippen molar-refractivity contribution >= 4 is 10.0 Å². The summed E-state index contributed by atoms with van der Waals surface area (Å²) in [5.41, 5.74) is -0.0677. The SMILES string of the molecule is CC1(O)CN(S(=O)(=O)Cc2ccccc2C#N)C1. The predicted octanol–water partition coefficient (Wildman–Crippen LogP) is 0.455. The Bertz CT molecular complexity index is 594. The van der Waals surface area contributed by atoms with Crippen molar-refractivity contribution in [1.29, 1.82) is 5.26 Å². The fourth-order valence-corrected chi connectivity index (χ4v) is 3.73. The number of rotatable bonds is 3. The van der Waals surface area contributed by atoms with Gasteiger partial charge < -0.3 is 5.11 Å². The first-order valence-corrected chi connectivity index (χ1v) is 7.13.